The largest absolute Gasteiger partial charge is 0.388 e. The molecule has 0 spiro atoms. The zero-order valence-electron chi connectivity index (χ0n) is 8.71. The van der Waals surface area contributed by atoms with E-state index in [0.29, 0.717) is 0 Å². The van der Waals surface area contributed by atoms with E-state index in [1.165, 1.54) is 6.92 Å². The molecule has 2 rings (SSSR count). The van der Waals surface area contributed by atoms with E-state index in [9.17, 15) is 15.0 Å². The number of amides is 1. The molecule has 0 saturated carbocycles. The van der Waals surface area contributed by atoms with Crippen LogP contribution in [-0.4, -0.2) is 52.9 Å². The number of terminal acetylenes is 1. The number of fused-ring (bicyclic) bond motifs is 2. The number of carbonyl (C=O) groups is 1. The molecule has 16 heavy (non-hydrogen) atoms. The van der Waals surface area contributed by atoms with Crippen LogP contribution in [0.4, 0.5) is 0 Å². The standard InChI is InChI=1S/C10H13NO5/c1-3-10-4-15-9(16-10)6(11-5(2)12)7(13)8(10)14/h1,6-9,13-14H,4H2,2H3,(H,11,12)/t6-,7-,8-,9+,10+/m1/s1. The van der Waals surface area contributed by atoms with E-state index in [1.807, 2.05) is 0 Å². The van der Waals surface area contributed by atoms with Gasteiger partial charge < -0.3 is 25.0 Å². The quantitative estimate of drug-likeness (QED) is 0.450. The van der Waals surface area contributed by atoms with Crippen molar-refractivity contribution in [2.75, 3.05) is 6.61 Å². The zero-order chi connectivity index (χ0) is 11.9. The third-order valence-electron chi connectivity index (χ3n) is 2.87. The van der Waals surface area contributed by atoms with E-state index < -0.39 is 30.1 Å². The average Bonchev–Trinajstić information content (AvgIpc) is 2.65. The fourth-order valence-electron chi connectivity index (χ4n) is 2.00. The fraction of sp³-hybridized carbons (Fsp3) is 0.700. The molecule has 0 radical (unpaired) electrons. The topological polar surface area (TPSA) is 88.0 Å². The Labute approximate surface area is 92.5 Å². The second kappa shape index (κ2) is 3.71. The highest BCUT2D eigenvalue weighted by atomic mass is 16.7. The summed E-state index contributed by atoms with van der Waals surface area (Å²) in [6.45, 7) is 1.31. The Morgan fingerprint density at radius 2 is 2.31 bits per heavy atom. The Hall–Kier alpha value is -1.13. The molecule has 6 nitrogen and oxygen atoms in total. The lowest BCUT2D eigenvalue weighted by Gasteiger charge is -2.40. The molecule has 1 amide bonds. The Kier molecular flexibility index (Phi) is 2.64. The van der Waals surface area contributed by atoms with Crippen LogP contribution in [0.2, 0.25) is 0 Å². The van der Waals surface area contributed by atoms with Crippen molar-refractivity contribution in [3.05, 3.63) is 0 Å². The second-order valence-electron chi connectivity index (χ2n) is 3.99. The fourth-order valence-corrected chi connectivity index (χ4v) is 2.00. The summed E-state index contributed by atoms with van der Waals surface area (Å²) >= 11 is 0. The molecule has 2 saturated heterocycles. The molecular formula is C10H13NO5. The molecule has 2 heterocycles. The van der Waals surface area contributed by atoms with E-state index in [4.69, 9.17) is 15.9 Å². The zero-order valence-corrected chi connectivity index (χ0v) is 8.71. The third-order valence-corrected chi connectivity index (χ3v) is 2.87. The maximum atomic E-state index is 10.9. The summed E-state index contributed by atoms with van der Waals surface area (Å²) in [5, 5.41) is 22.2. The van der Waals surface area contributed by atoms with Crippen LogP contribution in [0.3, 0.4) is 0 Å². The van der Waals surface area contributed by atoms with Gasteiger partial charge in [-0.1, -0.05) is 5.92 Å². The molecule has 2 aliphatic heterocycles. The van der Waals surface area contributed by atoms with Gasteiger partial charge in [0.15, 0.2) is 11.9 Å². The lowest BCUT2D eigenvalue weighted by atomic mass is 9.88. The maximum Gasteiger partial charge on any atom is 0.217 e. The van der Waals surface area contributed by atoms with Gasteiger partial charge in [0.1, 0.15) is 18.2 Å². The minimum Gasteiger partial charge on any atom is -0.388 e. The highest BCUT2D eigenvalue weighted by Crippen LogP contribution is 2.36. The average molecular weight is 227 g/mol. The highest BCUT2D eigenvalue weighted by Gasteiger charge is 2.58. The maximum absolute atomic E-state index is 10.9. The Morgan fingerprint density at radius 3 is 2.88 bits per heavy atom. The van der Waals surface area contributed by atoms with Crippen LogP contribution in [-0.2, 0) is 14.3 Å². The molecule has 2 fully saturated rings. The normalized spacial score (nSPS) is 46.1. The molecule has 0 aromatic carbocycles. The smallest absolute Gasteiger partial charge is 0.217 e. The van der Waals surface area contributed by atoms with Crippen LogP contribution in [0.1, 0.15) is 6.92 Å². The summed E-state index contributed by atoms with van der Waals surface area (Å²) in [5.74, 6) is 1.95. The Bertz CT molecular complexity index is 352. The highest BCUT2D eigenvalue weighted by molar-refractivity contribution is 5.73. The van der Waals surface area contributed by atoms with Gasteiger partial charge in [-0.05, 0) is 0 Å². The van der Waals surface area contributed by atoms with Gasteiger partial charge in [0, 0.05) is 6.92 Å². The summed E-state index contributed by atoms with van der Waals surface area (Å²) in [7, 11) is 0. The van der Waals surface area contributed by atoms with Gasteiger partial charge >= 0.3 is 0 Å². The predicted octanol–water partition coefficient (Wildman–Crippen LogP) is -2.03. The van der Waals surface area contributed by atoms with Gasteiger partial charge in [0.2, 0.25) is 5.91 Å². The van der Waals surface area contributed by atoms with Crippen LogP contribution in [0.5, 0.6) is 0 Å². The first kappa shape index (κ1) is 11.4. The summed E-state index contributed by atoms with van der Waals surface area (Å²) in [5.41, 5.74) is -1.31. The van der Waals surface area contributed by atoms with Gasteiger partial charge in [-0.2, -0.15) is 0 Å². The number of hydrogen-bond acceptors (Lipinski definition) is 5. The first-order valence-electron chi connectivity index (χ1n) is 4.90. The molecule has 2 bridgehead atoms. The SMILES string of the molecule is C#C[C@@]12CO[C@@H](O1)[C@H](NC(C)=O)[C@@H](O)[C@H]2O. The van der Waals surface area contributed by atoms with Gasteiger partial charge in [-0.3, -0.25) is 4.79 Å². The van der Waals surface area contributed by atoms with Crippen molar-refractivity contribution in [1.82, 2.24) is 5.32 Å². The van der Waals surface area contributed by atoms with Crippen molar-refractivity contribution in [2.24, 2.45) is 0 Å². The molecule has 0 unspecified atom stereocenters. The Morgan fingerprint density at radius 1 is 1.62 bits per heavy atom. The molecule has 0 aromatic heterocycles. The number of hydrogen-bond donors (Lipinski definition) is 3. The second-order valence-corrected chi connectivity index (χ2v) is 3.99. The van der Waals surface area contributed by atoms with Gasteiger partial charge in [0.25, 0.3) is 0 Å². The van der Waals surface area contributed by atoms with Crippen molar-refractivity contribution >= 4 is 5.91 Å². The summed E-state index contributed by atoms with van der Waals surface area (Å²) in [6, 6.07) is -0.809. The van der Waals surface area contributed by atoms with E-state index >= 15 is 0 Å². The van der Waals surface area contributed by atoms with E-state index in [0.717, 1.165) is 0 Å². The summed E-state index contributed by atoms with van der Waals surface area (Å²) in [4.78, 5) is 10.9. The minimum absolute atomic E-state index is 0.00246. The number of carbonyl (C=O) groups excluding carboxylic acids is 1. The molecule has 5 atom stereocenters. The van der Waals surface area contributed by atoms with Crippen LogP contribution in [0, 0.1) is 12.3 Å². The molecule has 2 aliphatic rings. The Balaban J connectivity index is 2.23. The number of aliphatic hydroxyl groups is 2. The molecule has 0 aliphatic carbocycles. The monoisotopic (exact) mass is 227 g/mol. The molecule has 88 valence electrons. The summed E-state index contributed by atoms with van der Waals surface area (Å²) < 4.78 is 10.6. The van der Waals surface area contributed by atoms with Crippen LogP contribution >= 0.6 is 0 Å². The van der Waals surface area contributed by atoms with Gasteiger partial charge in [-0.15, -0.1) is 6.42 Å². The minimum atomic E-state index is -1.31. The first-order valence-corrected chi connectivity index (χ1v) is 4.90. The molecule has 0 aromatic rings. The predicted molar refractivity (Wildman–Crippen MR) is 52.0 cm³/mol. The van der Waals surface area contributed by atoms with Crippen LogP contribution < -0.4 is 5.32 Å². The number of aliphatic hydroxyl groups excluding tert-OH is 2. The molecule has 6 heteroatoms. The van der Waals surface area contributed by atoms with Gasteiger partial charge in [0.05, 0.1) is 6.61 Å². The lowest BCUT2D eigenvalue weighted by Crippen LogP contribution is -2.64. The van der Waals surface area contributed by atoms with Crippen molar-refractivity contribution < 1.29 is 24.5 Å². The summed E-state index contributed by atoms with van der Waals surface area (Å²) in [6.07, 6.45) is 1.95. The number of rotatable bonds is 1. The van der Waals surface area contributed by atoms with Crippen LogP contribution in [0.15, 0.2) is 0 Å². The van der Waals surface area contributed by atoms with E-state index in [-0.39, 0.29) is 12.5 Å². The van der Waals surface area contributed by atoms with E-state index in [2.05, 4.69) is 11.2 Å². The molecular weight excluding hydrogens is 214 g/mol. The van der Waals surface area contributed by atoms with Crippen molar-refractivity contribution in [3.63, 3.8) is 0 Å². The van der Waals surface area contributed by atoms with Crippen molar-refractivity contribution in [3.8, 4) is 12.3 Å². The third kappa shape index (κ3) is 1.49. The van der Waals surface area contributed by atoms with E-state index in [1.54, 1.807) is 0 Å². The van der Waals surface area contributed by atoms with Crippen LogP contribution in [0.25, 0.3) is 0 Å². The first-order chi connectivity index (χ1) is 7.50. The van der Waals surface area contributed by atoms with Gasteiger partial charge in [-0.25, -0.2) is 0 Å². The number of nitrogens with one attached hydrogen (secondary N) is 1. The van der Waals surface area contributed by atoms with Crippen molar-refractivity contribution in [1.29, 1.82) is 0 Å². The molecule has 3 N–H and O–H groups in total. The lowest BCUT2D eigenvalue weighted by molar-refractivity contribution is -0.206. The van der Waals surface area contributed by atoms with Crippen molar-refractivity contribution in [2.45, 2.75) is 37.1 Å². The number of ether oxygens (including phenoxy) is 2.